The number of benzene rings is 3. The summed E-state index contributed by atoms with van der Waals surface area (Å²) in [5.41, 5.74) is 2.42. The molecule has 1 amide bonds. The molecule has 0 aliphatic carbocycles. The summed E-state index contributed by atoms with van der Waals surface area (Å²) < 4.78 is 0. The van der Waals surface area contributed by atoms with Crippen LogP contribution in [0.4, 0.5) is 10.8 Å². The molecule has 0 bridgehead atoms. The van der Waals surface area contributed by atoms with Crippen molar-refractivity contribution in [2.45, 2.75) is 6.42 Å². The Hall–Kier alpha value is -3.58. The summed E-state index contributed by atoms with van der Waals surface area (Å²) in [4.78, 5) is 27.2. The van der Waals surface area contributed by atoms with Gasteiger partial charge < -0.3 is 5.32 Å². The highest BCUT2D eigenvalue weighted by Crippen LogP contribution is 2.27. The van der Waals surface area contributed by atoms with Crippen molar-refractivity contribution in [2.75, 3.05) is 5.32 Å². The van der Waals surface area contributed by atoms with E-state index >= 15 is 0 Å². The molecule has 1 heterocycles. The van der Waals surface area contributed by atoms with Gasteiger partial charge in [0.2, 0.25) is 5.91 Å². The molecule has 0 saturated carbocycles. The number of hydrogen-bond donors (Lipinski definition) is 1. The minimum Gasteiger partial charge on any atom is -0.302 e. The average molecular weight is 389 g/mol. The van der Waals surface area contributed by atoms with E-state index < -0.39 is 4.92 Å². The summed E-state index contributed by atoms with van der Waals surface area (Å²) >= 11 is 1.32. The van der Waals surface area contributed by atoms with E-state index in [2.05, 4.69) is 10.3 Å². The van der Waals surface area contributed by atoms with Crippen molar-refractivity contribution in [3.8, 4) is 11.3 Å². The lowest BCUT2D eigenvalue weighted by Crippen LogP contribution is -2.14. The van der Waals surface area contributed by atoms with Gasteiger partial charge >= 0.3 is 0 Å². The number of thiazole rings is 1. The number of rotatable bonds is 5. The molecular formula is C21H15N3O3S. The number of anilines is 1. The van der Waals surface area contributed by atoms with Gasteiger partial charge in [0.25, 0.3) is 5.69 Å². The predicted molar refractivity (Wildman–Crippen MR) is 110 cm³/mol. The summed E-state index contributed by atoms with van der Waals surface area (Å²) in [5.74, 6) is -0.138. The molecule has 28 heavy (non-hydrogen) atoms. The summed E-state index contributed by atoms with van der Waals surface area (Å²) in [5, 5.41) is 18.1. The van der Waals surface area contributed by atoms with Gasteiger partial charge in [-0.2, -0.15) is 0 Å². The van der Waals surface area contributed by atoms with Crippen molar-refractivity contribution in [1.29, 1.82) is 0 Å². The number of aromatic nitrogens is 1. The second-order valence-electron chi connectivity index (χ2n) is 6.21. The van der Waals surface area contributed by atoms with Crippen LogP contribution in [0.15, 0.2) is 72.1 Å². The van der Waals surface area contributed by atoms with Crippen LogP contribution in [0, 0.1) is 10.1 Å². The van der Waals surface area contributed by atoms with Gasteiger partial charge in [-0.25, -0.2) is 4.98 Å². The molecule has 0 aliphatic heterocycles. The molecule has 3 aromatic carbocycles. The van der Waals surface area contributed by atoms with Crippen LogP contribution in [0.3, 0.4) is 0 Å². The molecule has 0 saturated heterocycles. The first-order valence-corrected chi connectivity index (χ1v) is 9.45. The Bertz CT molecular complexity index is 1160. The third kappa shape index (κ3) is 3.74. The average Bonchev–Trinajstić information content (AvgIpc) is 3.16. The molecule has 6 nitrogen and oxygen atoms in total. The Kier molecular flexibility index (Phi) is 4.82. The SMILES string of the molecule is O=C(Cc1cccc2ccccc12)Nc1nc(-c2ccc([N+](=O)[O-])cc2)cs1. The lowest BCUT2D eigenvalue weighted by atomic mass is 10.0. The van der Waals surface area contributed by atoms with Crippen LogP contribution < -0.4 is 5.32 Å². The van der Waals surface area contributed by atoms with E-state index in [1.54, 1.807) is 12.1 Å². The fraction of sp³-hybridized carbons (Fsp3) is 0.0476. The van der Waals surface area contributed by atoms with E-state index in [1.165, 1.54) is 23.5 Å². The second-order valence-corrected chi connectivity index (χ2v) is 7.06. The van der Waals surface area contributed by atoms with Crippen molar-refractivity contribution < 1.29 is 9.72 Å². The van der Waals surface area contributed by atoms with Crippen LogP contribution in [0.25, 0.3) is 22.0 Å². The maximum absolute atomic E-state index is 12.5. The van der Waals surface area contributed by atoms with E-state index in [0.717, 1.165) is 21.9 Å². The van der Waals surface area contributed by atoms with Crippen molar-refractivity contribution >= 4 is 38.8 Å². The van der Waals surface area contributed by atoms with E-state index in [0.29, 0.717) is 10.8 Å². The summed E-state index contributed by atoms with van der Waals surface area (Å²) in [6, 6.07) is 20.1. The zero-order chi connectivity index (χ0) is 19.5. The Balaban J connectivity index is 1.47. The first kappa shape index (κ1) is 17.8. The zero-order valence-corrected chi connectivity index (χ0v) is 15.5. The fourth-order valence-corrected chi connectivity index (χ4v) is 3.74. The van der Waals surface area contributed by atoms with Crippen molar-refractivity contribution in [3.05, 3.63) is 87.8 Å². The molecule has 0 aliphatic rings. The molecular weight excluding hydrogens is 374 g/mol. The van der Waals surface area contributed by atoms with Gasteiger partial charge in [0.15, 0.2) is 5.13 Å². The number of nitrogens with one attached hydrogen (secondary N) is 1. The predicted octanol–water partition coefficient (Wildman–Crippen LogP) is 5.05. The van der Waals surface area contributed by atoms with Crippen molar-refractivity contribution in [2.24, 2.45) is 0 Å². The number of fused-ring (bicyclic) bond motifs is 1. The summed E-state index contributed by atoms with van der Waals surface area (Å²) in [6.07, 6.45) is 0.258. The van der Waals surface area contributed by atoms with Crippen LogP contribution in [0.1, 0.15) is 5.56 Å². The van der Waals surface area contributed by atoms with Gasteiger partial charge in [0.05, 0.1) is 17.0 Å². The standard InChI is InChI=1S/C21H15N3O3S/c25-20(12-16-6-3-5-14-4-1-2-7-18(14)16)23-21-22-19(13-28-21)15-8-10-17(11-9-15)24(26)27/h1-11,13H,12H2,(H,22,23,25). The molecule has 4 rings (SSSR count). The van der Waals surface area contributed by atoms with Crippen molar-refractivity contribution in [1.82, 2.24) is 4.98 Å². The molecule has 1 aromatic heterocycles. The van der Waals surface area contributed by atoms with Gasteiger partial charge in [0, 0.05) is 23.1 Å². The molecule has 1 N–H and O–H groups in total. The van der Waals surface area contributed by atoms with Gasteiger partial charge in [0.1, 0.15) is 0 Å². The molecule has 138 valence electrons. The monoisotopic (exact) mass is 389 g/mol. The number of carbonyl (C=O) groups is 1. The molecule has 0 radical (unpaired) electrons. The Labute approximate surface area is 164 Å². The molecule has 0 atom stereocenters. The lowest BCUT2D eigenvalue weighted by molar-refractivity contribution is -0.384. The van der Waals surface area contributed by atoms with Gasteiger partial charge in [-0.15, -0.1) is 11.3 Å². The number of non-ortho nitro benzene ring substituents is 1. The highest BCUT2D eigenvalue weighted by atomic mass is 32.1. The molecule has 0 fully saturated rings. The van der Waals surface area contributed by atoms with E-state index in [-0.39, 0.29) is 18.0 Å². The number of nitro benzene ring substituents is 1. The topological polar surface area (TPSA) is 85.1 Å². The summed E-state index contributed by atoms with van der Waals surface area (Å²) in [7, 11) is 0. The number of nitro groups is 1. The second kappa shape index (κ2) is 7.58. The van der Waals surface area contributed by atoms with Crippen LogP contribution in [-0.2, 0) is 11.2 Å². The third-order valence-electron chi connectivity index (χ3n) is 4.36. The molecule has 0 unspecified atom stereocenters. The molecule has 0 spiro atoms. The number of hydrogen-bond acceptors (Lipinski definition) is 5. The highest BCUT2D eigenvalue weighted by molar-refractivity contribution is 7.14. The normalized spacial score (nSPS) is 10.7. The smallest absolute Gasteiger partial charge is 0.269 e. The zero-order valence-electron chi connectivity index (χ0n) is 14.7. The first-order chi connectivity index (χ1) is 13.6. The maximum Gasteiger partial charge on any atom is 0.269 e. The fourth-order valence-electron chi connectivity index (χ4n) is 3.00. The quantitative estimate of drug-likeness (QED) is 0.382. The first-order valence-electron chi connectivity index (χ1n) is 8.57. The van der Waals surface area contributed by atoms with Gasteiger partial charge in [-0.1, -0.05) is 42.5 Å². The van der Waals surface area contributed by atoms with Crippen molar-refractivity contribution in [3.63, 3.8) is 0 Å². The number of nitrogens with zero attached hydrogens (tertiary/aromatic N) is 2. The van der Waals surface area contributed by atoms with E-state index in [4.69, 9.17) is 0 Å². The van der Waals surface area contributed by atoms with Crippen LogP contribution in [0.5, 0.6) is 0 Å². The lowest BCUT2D eigenvalue weighted by Gasteiger charge is -2.06. The Morgan fingerprint density at radius 3 is 2.57 bits per heavy atom. The van der Waals surface area contributed by atoms with Crippen LogP contribution in [-0.4, -0.2) is 15.8 Å². The Morgan fingerprint density at radius 2 is 1.79 bits per heavy atom. The molecule has 4 aromatic rings. The Morgan fingerprint density at radius 1 is 1.04 bits per heavy atom. The van der Waals surface area contributed by atoms with E-state index in [1.807, 2.05) is 47.8 Å². The number of amides is 1. The van der Waals surface area contributed by atoms with Crippen LogP contribution >= 0.6 is 11.3 Å². The van der Waals surface area contributed by atoms with Gasteiger partial charge in [-0.05, 0) is 28.5 Å². The number of carbonyl (C=O) groups excluding carboxylic acids is 1. The van der Waals surface area contributed by atoms with Gasteiger partial charge in [-0.3, -0.25) is 14.9 Å². The third-order valence-corrected chi connectivity index (χ3v) is 5.11. The minimum absolute atomic E-state index is 0.0302. The summed E-state index contributed by atoms with van der Waals surface area (Å²) in [6.45, 7) is 0. The van der Waals surface area contributed by atoms with Crippen LogP contribution in [0.2, 0.25) is 0 Å². The molecule has 7 heteroatoms. The minimum atomic E-state index is -0.441. The highest BCUT2D eigenvalue weighted by Gasteiger charge is 2.11. The van der Waals surface area contributed by atoms with E-state index in [9.17, 15) is 14.9 Å². The maximum atomic E-state index is 12.5. The largest absolute Gasteiger partial charge is 0.302 e.